The Bertz CT molecular complexity index is 149. The van der Waals surface area contributed by atoms with Crippen LogP contribution in [0.25, 0.3) is 0 Å². The van der Waals surface area contributed by atoms with Gasteiger partial charge >= 0.3 is 0 Å². The van der Waals surface area contributed by atoms with E-state index in [9.17, 15) is 0 Å². The number of hydrogen-bond acceptors (Lipinski definition) is 2. The highest BCUT2D eigenvalue weighted by molar-refractivity contribution is 5.89. The molecule has 56 valence electrons. The van der Waals surface area contributed by atoms with Gasteiger partial charge in [-0.1, -0.05) is 12.7 Å². The monoisotopic (exact) mass is 139 g/mol. The van der Waals surface area contributed by atoms with Crippen molar-refractivity contribution in [1.82, 2.24) is 0 Å². The van der Waals surface area contributed by atoms with E-state index in [1.54, 1.807) is 13.0 Å². The zero-order valence-electron chi connectivity index (χ0n) is 6.31. The second-order valence-corrected chi connectivity index (χ2v) is 2.04. The first-order valence-corrected chi connectivity index (χ1v) is 3.16. The second kappa shape index (κ2) is 4.79. The van der Waals surface area contributed by atoms with E-state index in [-0.39, 0.29) is 5.90 Å². The van der Waals surface area contributed by atoms with Crippen LogP contribution in [0.3, 0.4) is 0 Å². The number of nitrogens with one attached hydrogen (secondary N) is 1. The molecule has 2 heteroatoms. The van der Waals surface area contributed by atoms with Gasteiger partial charge in [-0.3, -0.25) is 5.41 Å². The molecule has 0 spiro atoms. The van der Waals surface area contributed by atoms with Gasteiger partial charge in [0.1, 0.15) is 0 Å². The summed E-state index contributed by atoms with van der Waals surface area (Å²) in [6, 6.07) is 0. The van der Waals surface area contributed by atoms with Gasteiger partial charge in [-0.2, -0.15) is 0 Å². The fourth-order valence-electron chi connectivity index (χ4n) is 0.368. The van der Waals surface area contributed by atoms with Crippen LogP contribution in [0, 0.1) is 5.41 Å². The molecule has 0 amide bonds. The molecule has 0 aliphatic carbocycles. The normalized spacial score (nSPS) is 8.50. The Morgan fingerprint density at radius 2 is 2.30 bits per heavy atom. The largest absolute Gasteiger partial charge is 0.478 e. The summed E-state index contributed by atoms with van der Waals surface area (Å²) in [4.78, 5) is 0. The molecular formula is C8H13NO. The highest BCUT2D eigenvalue weighted by Gasteiger charge is 1.94. The Balaban J connectivity index is 3.40. The van der Waals surface area contributed by atoms with Gasteiger partial charge < -0.3 is 4.74 Å². The van der Waals surface area contributed by atoms with Crippen LogP contribution in [0.4, 0.5) is 0 Å². The third-order valence-corrected chi connectivity index (χ3v) is 0.956. The van der Waals surface area contributed by atoms with Crippen molar-refractivity contribution in [2.75, 3.05) is 6.61 Å². The van der Waals surface area contributed by atoms with Crippen LogP contribution in [-0.4, -0.2) is 12.5 Å². The number of rotatable bonds is 4. The summed E-state index contributed by atoms with van der Waals surface area (Å²) in [5, 5.41) is 7.17. The zero-order chi connectivity index (χ0) is 7.98. The van der Waals surface area contributed by atoms with Gasteiger partial charge in [-0.15, -0.1) is 6.58 Å². The topological polar surface area (TPSA) is 33.1 Å². The summed E-state index contributed by atoms with van der Waals surface area (Å²) < 4.78 is 4.96. The summed E-state index contributed by atoms with van der Waals surface area (Å²) in [7, 11) is 0. The maximum Gasteiger partial charge on any atom is 0.208 e. The molecule has 0 radical (unpaired) electrons. The first kappa shape index (κ1) is 8.95. The predicted octanol–water partition coefficient (Wildman–Crippen LogP) is 2.13. The summed E-state index contributed by atoms with van der Waals surface area (Å²) >= 11 is 0. The van der Waals surface area contributed by atoms with E-state index in [1.165, 1.54) is 0 Å². The summed E-state index contributed by atoms with van der Waals surface area (Å²) in [5.41, 5.74) is 0.657. The fourth-order valence-corrected chi connectivity index (χ4v) is 0.368. The molecule has 1 N–H and O–H groups in total. The van der Waals surface area contributed by atoms with Gasteiger partial charge in [0.05, 0.1) is 6.61 Å². The molecule has 0 aromatic carbocycles. The smallest absolute Gasteiger partial charge is 0.208 e. The SMILES string of the molecule is C=CCCOC(=N)C(=C)C. The van der Waals surface area contributed by atoms with Crippen LogP contribution in [0.1, 0.15) is 13.3 Å². The predicted molar refractivity (Wildman–Crippen MR) is 43.3 cm³/mol. The Morgan fingerprint density at radius 3 is 2.70 bits per heavy atom. The molecule has 0 atom stereocenters. The van der Waals surface area contributed by atoms with Crippen LogP contribution >= 0.6 is 0 Å². The Hall–Kier alpha value is -1.05. The minimum absolute atomic E-state index is 0.168. The van der Waals surface area contributed by atoms with Crippen molar-refractivity contribution >= 4 is 5.90 Å². The van der Waals surface area contributed by atoms with E-state index < -0.39 is 0 Å². The van der Waals surface area contributed by atoms with Gasteiger partial charge in [-0.25, -0.2) is 0 Å². The minimum atomic E-state index is 0.168. The quantitative estimate of drug-likeness (QED) is 0.275. The zero-order valence-corrected chi connectivity index (χ0v) is 6.31. The summed E-state index contributed by atoms with van der Waals surface area (Å²) in [5.74, 6) is 0.168. The highest BCUT2D eigenvalue weighted by atomic mass is 16.5. The van der Waals surface area contributed by atoms with E-state index in [0.29, 0.717) is 12.2 Å². The van der Waals surface area contributed by atoms with Crippen molar-refractivity contribution in [1.29, 1.82) is 5.41 Å². The summed E-state index contributed by atoms with van der Waals surface area (Å²) in [6.45, 7) is 9.36. The van der Waals surface area contributed by atoms with Crippen LogP contribution in [0.2, 0.25) is 0 Å². The highest BCUT2D eigenvalue weighted by Crippen LogP contribution is 1.93. The second-order valence-electron chi connectivity index (χ2n) is 2.04. The molecule has 0 saturated heterocycles. The fraction of sp³-hybridized carbons (Fsp3) is 0.375. The van der Waals surface area contributed by atoms with Gasteiger partial charge in [0.15, 0.2) is 0 Å². The molecule has 0 rings (SSSR count). The first-order chi connectivity index (χ1) is 4.68. The molecule has 2 nitrogen and oxygen atoms in total. The van der Waals surface area contributed by atoms with Crippen molar-refractivity contribution in [3.63, 3.8) is 0 Å². The molecule has 10 heavy (non-hydrogen) atoms. The van der Waals surface area contributed by atoms with Crippen LogP contribution in [0.15, 0.2) is 24.8 Å². The average molecular weight is 139 g/mol. The number of hydrogen-bond donors (Lipinski definition) is 1. The van der Waals surface area contributed by atoms with Crippen molar-refractivity contribution in [2.24, 2.45) is 0 Å². The number of ether oxygens (including phenoxy) is 1. The third-order valence-electron chi connectivity index (χ3n) is 0.956. The van der Waals surface area contributed by atoms with Gasteiger partial charge in [0.2, 0.25) is 5.90 Å². The molecule has 0 bridgehead atoms. The minimum Gasteiger partial charge on any atom is -0.478 e. The lowest BCUT2D eigenvalue weighted by Gasteiger charge is -2.03. The van der Waals surface area contributed by atoms with Crippen molar-refractivity contribution in [3.8, 4) is 0 Å². The molecule has 0 saturated carbocycles. The average Bonchev–Trinajstić information content (AvgIpc) is 1.88. The maximum atomic E-state index is 7.17. The molecule has 0 aliphatic rings. The molecule has 0 aromatic rings. The molecule has 0 aliphatic heterocycles. The van der Waals surface area contributed by atoms with Crippen LogP contribution < -0.4 is 0 Å². The lowest BCUT2D eigenvalue weighted by molar-refractivity contribution is 0.310. The van der Waals surface area contributed by atoms with E-state index in [0.717, 1.165) is 6.42 Å². The Labute approximate surface area is 61.7 Å². The first-order valence-electron chi connectivity index (χ1n) is 3.16. The van der Waals surface area contributed by atoms with E-state index in [1.807, 2.05) is 0 Å². The molecule has 0 aromatic heterocycles. The Kier molecular flexibility index (Phi) is 4.29. The van der Waals surface area contributed by atoms with E-state index in [4.69, 9.17) is 10.1 Å². The third kappa shape index (κ3) is 3.89. The molecule has 0 heterocycles. The molecule has 0 unspecified atom stereocenters. The van der Waals surface area contributed by atoms with Gasteiger partial charge in [-0.05, 0) is 13.3 Å². The van der Waals surface area contributed by atoms with Gasteiger partial charge in [0.25, 0.3) is 0 Å². The lowest BCUT2D eigenvalue weighted by atomic mass is 10.3. The van der Waals surface area contributed by atoms with Crippen LogP contribution in [0.5, 0.6) is 0 Å². The van der Waals surface area contributed by atoms with Crippen molar-refractivity contribution in [2.45, 2.75) is 13.3 Å². The summed E-state index contributed by atoms with van der Waals surface area (Å²) in [6.07, 6.45) is 2.53. The standard InChI is InChI=1S/C8H13NO/c1-4-5-6-10-8(9)7(2)3/h4,9H,1-2,5-6H2,3H3. The molecule has 0 fully saturated rings. The van der Waals surface area contributed by atoms with E-state index in [2.05, 4.69) is 13.2 Å². The van der Waals surface area contributed by atoms with Crippen molar-refractivity contribution < 1.29 is 4.74 Å². The van der Waals surface area contributed by atoms with Gasteiger partial charge in [0, 0.05) is 5.57 Å². The van der Waals surface area contributed by atoms with Crippen LogP contribution in [-0.2, 0) is 4.74 Å². The Morgan fingerprint density at radius 1 is 1.70 bits per heavy atom. The molecular weight excluding hydrogens is 126 g/mol. The van der Waals surface area contributed by atoms with E-state index >= 15 is 0 Å². The van der Waals surface area contributed by atoms with Crippen molar-refractivity contribution in [3.05, 3.63) is 24.8 Å². The maximum absolute atomic E-state index is 7.17. The lowest BCUT2D eigenvalue weighted by Crippen LogP contribution is -2.04.